The van der Waals surface area contributed by atoms with E-state index in [-0.39, 0.29) is 5.82 Å². The molecule has 0 spiro atoms. The van der Waals surface area contributed by atoms with Gasteiger partial charge in [0.1, 0.15) is 5.82 Å². The van der Waals surface area contributed by atoms with Gasteiger partial charge in [-0.25, -0.2) is 4.39 Å². The number of nitrogen functional groups attached to an aromatic ring is 1. The lowest BCUT2D eigenvalue weighted by molar-refractivity contribution is 0.229. The minimum Gasteiger partial charge on any atom is -0.399 e. The van der Waals surface area contributed by atoms with Crippen molar-refractivity contribution in [2.24, 2.45) is 0 Å². The van der Waals surface area contributed by atoms with Crippen molar-refractivity contribution in [1.82, 2.24) is 4.90 Å². The molecule has 2 rings (SSSR count). The third-order valence-corrected chi connectivity index (χ3v) is 3.39. The second-order valence-electron chi connectivity index (χ2n) is 4.59. The summed E-state index contributed by atoms with van der Waals surface area (Å²) in [5, 5.41) is 3.26. The lowest BCUT2D eigenvalue weighted by Crippen LogP contribution is -2.38. The molecule has 1 aromatic carbocycles. The molecule has 3 N–H and O–H groups in total. The van der Waals surface area contributed by atoms with Crippen LogP contribution in [-0.4, -0.2) is 30.6 Å². The monoisotopic (exact) mass is 237 g/mol. The summed E-state index contributed by atoms with van der Waals surface area (Å²) < 4.78 is 13.6. The molecule has 0 bridgehead atoms. The number of nitrogens with one attached hydrogen (secondary N) is 1. The van der Waals surface area contributed by atoms with Crippen LogP contribution in [0.25, 0.3) is 0 Å². The van der Waals surface area contributed by atoms with Crippen LogP contribution in [-0.2, 0) is 0 Å². The van der Waals surface area contributed by atoms with Gasteiger partial charge < -0.3 is 16.0 Å². The van der Waals surface area contributed by atoms with Gasteiger partial charge in [0.15, 0.2) is 0 Å². The topological polar surface area (TPSA) is 41.3 Å². The second kappa shape index (κ2) is 5.36. The molecule has 0 unspecified atom stereocenters. The van der Waals surface area contributed by atoms with Crippen LogP contribution in [0.3, 0.4) is 0 Å². The molecule has 17 heavy (non-hydrogen) atoms. The molecule has 1 saturated heterocycles. The van der Waals surface area contributed by atoms with E-state index in [2.05, 4.69) is 17.1 Å². The molecule has 3 nitrogen and oxygen atoms in total. The SMILES string of the molecule is CCN1CCC(Nc2ccc(N)cc2F)CC1. The van der Waals surface area contributed by atoms with Gasteiger partial charge in [0.05, 0.1) is 5.69 Å². The number of piperidine rings is 1. The number of hydrogen-bond acceptors (Lipinski definition) is 3. The fourth-order valence-electron chi connectivity index (χ4n) is 2.26. The first-order valence-corrected chi connectivity index (χ1v) is 6.23. The first kappa shape index (κ1) is 12.2. The Labute approximate surface area is 102 Å². The van der Waals surface area contributed by atoms with Crippen molar-refractivity contribution in [3.63, 3.8) is 0 Å². The van der Waals surface area contributed by atoms with Gasteiger partial charge in [0.25, 0.3) is 0 Å². The third-order valence-electron chi connectivity index (χ3n) is 3.39. The van der Waals surface area contributed by atoms with E-state index in [0.29, 0.717) is 17.4 Å². The van der Waals surface area contributed by atoms with Crippen molar-refractivity contribution in [3.8, 4) is 0 Å². The molecule has 1 fully saturated rings. The van der Waals surface area contributed by atoms with Crippen molar-refractivity contribution in [2.45, 2.75) is 25.8 Å². The first-order chi connectivity index (χ1) is 8.19. The zero-order chi connectivity index (χ0) is 12.3. The Morgan fingerprint density at radius 3 is 2.71 bits per heavy atom. The van der Waals surface area contributed by atoms with Crippen LogP contribution in [0, 0.1) is 5.82 Å². The minimum absolute atomic E-state index is 0.261. The van der Waals surface area contributed by atoms with E-state index < -0.39 is 0 Å². The van der Waals surface area contributed by atoms with Gasteiger partial charge >= 0.3 is 0 Å². The fraction of sp³-hybridized carbons (Fsp3) is 0.538. The number of benzene rings is 1. The number of anilines is 2. The van der Waals surface area contributed by atoms with Gasteiger partial charge in [-0.2, -0.15) is 0 Å². The molecule has 0 aromatic heterocycles. The van der Waals surface area contributed by atoms with Gasteiger partial charge in [0.2, 0.25) is 0 Å². The van der Waals surface area contributed by atoms with E-state index in [9.17, 15) is 4.39 Å². The normalized spacial score (nSPS) is 18.2. The summed E-state index contributed by atoms with van der Waals surface area (Å²) in [6.07, 6.45) is 2.13. The predicted octanol–water partition coefficient (Wildman–Crippen LogP) is 2.30. The summed E-state index contributed by atoms with van der Waals surface area (Å²) in [6, 6.07) is 5.18. The van der Waals surface area contributed by atoms with Crippen LogP contribution in [0.1, 0.15) is 19.8 Å². The number of likely N-dealkylation sites (tertiary alicyclic amines) is 1. The Bertz CT molecular complexity index is 373. The number of halogens is 1. The molecule has 0 saturated carbocycles. The molecule has 4 heteroatoms. The Kier molecular flexibility index (Phi) is 3.84. The van der Waals surface area contributed by atoms with Crippen LogP contribution in [0.15, 0.2) is 18.2 Å². The molecule has 0 atom stereocenters. The van der Waals surface area contributed by atoms with Crippen LogP contribution in [0.2, 0.25) is 0 Å². The van der Waals surface area contributed by atoms with E-state index in [4.69, 9.17) is 5.73 Å². The lowest BCUT2D eigenvalue weighted by Gasteiger charge is -2.32. The summed E-state index contributed by atoms with van der Waals surface area (Å²) >= 11 is 0. The molecule has 94 valence electrons. The molecule has 1 aliphatic rings. The molecule has 1 aromatic rings. The maximum Gasteiger partial charge on any atom is 0.148 e. The van der Waals surface area contributed by atoms with E-state index in [0.717, 1.165) is 32.5 Å². The van der Waals surface area contributed by atoms with Crippen molar-refractivity contribution in [3.05, 3.63) is 24.0 Å². The first-order valence-electron chi connectivity index (χ1n) is 6.23. The van der Waals surface area contributed by atoms with Crippen LogP contribution < -0.4 is 11.1 Å². The summed E-state index contributed by atoms with van der Waals surface area (Å²) in [7, 11) is 0. The van der Waals surface area contributed by atoms with Crippen molar-refractivity contribution >= 4 is 11.4 Å². The summed E-state index contributed by atoms with van der Waals surface area (Å²) in [5.74, 6) is -0.261. The number of nitrogens with two attached hydrogens (primary N) is 1. The van der Waals surface area contributed by atoms with Gasteiger partial charge in [-0.1, -0.05) is 6.92 Å². The number of rotatable bonds is 3. The third kappa shape index (κ3) is 3.09. The van der Waals surface area contributed by atoms with Crippen molar-refractivity contribution in [1.29, 1.82) is 0 Å². The van der Waals surface area contributed by atoms with Gasteiger partial charge in [-0.05, 0) is 37.6 Å². The molecule has 0 aliphatic carbocycles. The van der Waals surface area contributed by atoms with E-state index in [1.807, 2.05) is 0 Å². The second-order valence-corrected chi connectivity index (χ2v) is 4.59. The highest BCUT2D eigenvalue weighted by Gasteiger charge is 2.18. The molecule has 0 amide bonds. The Morgan fingerprint density at radius 1 is 1.41 bits per heavy atom. The summed E-state index contributed by atoms with van der Waals surface area (Å²) in [6.45, 7) is 5.45. The van der Waals surface area contributed by atoms with E-state index >= 15 is 0 Å². The van der Waals surface area contributed by atoms with Crippen molar-refractivity contribution < 1.29 is 4.39 Å². The summed E-state index contributed by atoms with van der Waals surface area (Å²) in [4.78, 5) is 2.41. The Balaban J connectivity index is 1.93. The highest BCUT2D eigenvalue weighted by Crippen LogP contribution is 2.21. The smallest absolute Gasteiger partial charge is 0.148 e. The molecule has 1 aliphatic heterocycles. The molecule has 0 radical (unpaired) electrons. The predicted molar refractivity (Wildman–Crippen MR) is 69.6 cm³/mol. The zero-order valence-electron chi connectivity index (χ0n) is 10.2. The van der Waals surface area contributed by atoms with Crippen LogP contribution in [0.4, 0.5) is 15.8 Å². The van der Waals surface area contributed by atoms with Gasteiger partial charge in [0, 0.05) is 24.8 Å². The Hall–Kier alpha value is -1.29. The standard InChI is InChI=1S/C13H20FN3/c1-2-17-7-5-11(6-8-17)16-13-4-3-10(15)9-12(13)14/h3-4,9,11,16H,2,5-8,15H2,1H3. The van der Waals surface area contributed by atoms with E-state index in [1.54, 1.807) is 12.1 Å². The Morgan fingerprint density at radius 2 is 2.12 bits per heavy atom. The minimum atomic E-state index is -0.261. The molecule has 1 heterocycles. The maximum atomic E-state index is 13.6. The summed E-state index contributed by atoms with van der Waals surface area (Å²) in [5.41, 5.74) is 6.55. The fourth-order valence-corrected chi connectivity index (χ4v) is 2.26. The molecular formula is C13H20FN3. The quantitative estimate of drug-likeness (QED) is 0.793. The lowest BCUT2D eigenvalue weighted by atomic mass is 10.0. The average Bonchev–Trinajstić information content (AvgIpc) is 2.34. The largest absolute Gasteiger partial charge is 0.399 e. The molecular weight excluding hydrogens is 217 g/mol. The van der Waals surface area contributed by atoms with Gasteiger partial charge in [-0.3, -0.25) is 0 Å². The van der Waals surface area contributed by atoms with Crippen LogP contribution >= 0.6 is 0 Å². The average molecular weight is 237 g/mol. The highest BCUT2D eigenvalue weighted by atomic mass is 19.1. The van der Waals surface area contributed by atoms with Gasteiger partial charge in [-0.15, -0.1) is 0 Å². The number of hydrogen-bond donors (Lipinski definition) is 2. The van der Waals surface area contributed by atoms with Crippen LogP contribution in [0.5, 0.6) is 0 Å². The highest BCUT2D eigenvalue weighted by molar-refractivity contribution is 5.53. The van der Waals surface area contributed by atoms with E-state index in [1.165, 1.54) is 6.07 Å². The zero-order valence-corrected chi connectivity index (χ0v) is 10.2. The van der Waals surface area contributed by atoms with Crippen molar-refractivity contribution in [2.75, 3.05) is 30.7 Å². The maximum absolute atomic E-state index is 13.6. The number of nitrogens with zero attached hydrogens (tertiary/aromatic N) is 1.